The van der Waals surface area contributed by atoms with Crippen molar-refractivity contribution in [3.8, 4) is 6.07 Å². The molecule has 0 spiro atoms. The Morgan fingerprint density at radius 2 is 2.12 bits per heavy atom. The van der Waals surface area contributed by atoms with E-state index >= 15 is 0 Å². The van der Waals surface area contributed by atoms with Crippen molar-refractivity contribution in [3.05, 3.63) is 35.4 Å². The van der Waals surface area contributed by atoms with E-state index in [0.717, 1.165) is 5.56 Å². The Hall–Kier alpha value is -1.86. The molecule has 17 heavy (non-hydrogen) atoms. The molecule has 0 aromatic heterocycles. The van der Waals surface area contributed by atoms with Gasteiger partial charge in [-0.25, -0.2) is 4.79 Å². The summed E-state index contributed by atoms with van der Waals surface area (Å²) < 4.78 is 5.26. The Balaban J connectivity index is 2.40. The SMILES string of the molecule is N#CC1(c2cccc(C(=O)O)c2)CCOCC1. The van der Waals surface area contributed by atoms with Crippen LogP contribution in [0.25, 0.3) is 0 Å². The van der Waals surface area contributed by atoms with Crippen LogP contribution in [0, 0.1) is 11.3 Å². The minimum atomic E-state index is -0.966. The molecule has 4 heteroatoms. The average molecular weight is 231 g/mol. The van der Waals surface area contributed by atoms with Gasteiger partial charge >= 0.3 is 5.97 Å². The fraction of sp³-hybridized carbons (Fsp3) is 0.385. The van der Waals surface area contributed by atoms with Gasteiger partial charge in [-0.15, -0.1) is 0 Å². The molecule has 4 nitrogen and oxygen atoms in total. The molecule has 88 valence electrons. The van der Waals surface area contributed by atoms with Crippen molar-refractivity contribution in [1.29, 1.82) is 5.26 Å². The minimum absolute atomic E-state index is 0.226. The van der Waals surface area contributed by atoms with Crippen LogP contribution in [-0.2, 0) is 10.2 Å². The monoisotopic (exact) mass is 231 g/mol. The summed E-state index contributed by atoms with van der Waals surface area (Å²) in [6.07, 6.45) is 1.24. The topological polar surface area (TPSA) is 70.3 Å². The first-order valence-electron chi connectivity index (χ1n) is 5.51. The van der Waals surface area contributed by atoms with Gasteiger partial charge in [-0.05, 0) is 30.5 Å². The zero-order valence-electron chi connectivity index (χ0n) is 9.35. The summed E-state index contributed by atoms with van der Waals surface area (Å²) in [5.41, 5.74) is 0.413. The Morgan fingerprint density at radius 3 is 2.71 bits per heavy atom. The van der Waals surface area contributed by atoms with Crippen molar-refractivity contribution >= 4 is 5.97 Å². The first-order valence-corrected chi connectivity index (χ1v) is 5.51. The molecule has 0 amide bonds. The number of benzene rings is 1. The van der Waals surface area contributed by atoms with Gasteiger partial charge in [0.15, 0.2) is 0 Å². The second kappa shape index (κ2) is 4.56. The van der Waals surface area contributed by atoms with Gasteiger partial charge in [0, 0.05) is 13.2 Å². The highest BCUT2D eigenvalue weighted by Gasteiger charge is 2.34. The van der Waals surface area contributed by atoms with Crippen molar-refractivity contribution in [3.63, 3.8) is 0 Å². The first kappa shape index (κ1) is 11.6. The van der Waals surface area contributed by atoms with Gasteiger partial charge in [-0.3, -0.25) is 0 Å². The van der Waals surface area contributed by atoms with E-state index in [4.69, 9.17) is 9.84 Å². The molecule has 0 bridgehead atoms. The van der Waals surface area contributed by atoms with Crippen LogP contribution in [0.15, 0.2) is 24.3 Å². The number of hydrogen-bond acceptors (Lipinski definition) is 3. The van der Waals surface area contributed by atoms with Gasteiger partial charge in [0.2, 0.25) is 0 Å². The standard InChI is InChI=1S/C13H13NO3/c14-9-13(4-6-17-7-5-13)11-3-1-2-10(8-11)12(15)16/h1-3,8H,4-7H2,(H,15,16). The minimum Gasteiger partial charge on any atom is -0.478 e. The third-order valence-corrected chi connectivity index (χ3v) is 3.22. The van der Waals surface area contributed by atoms with Gasteiger partial charge in [-0.2, -0.15) is 5.26 Å². The molecule has 1 aliphatic rings. The van der Waals surface area contributed by atoms with Crippen molar-refractivity contribution in [1.82, 2.24) is 0 Å². The second-order valence-corrected chi connectivity index (χ2v) is 4.19. The fourth-order valence-electron chi connectivity index (χ4n) is 2.13. The third-order valence-electron chi connectivity index (χ3n) is 3.22. The number of carboxylic acids is 1. The van der Waals surface area contributed by atoms with E-state index in [-0.39, 0.29) is 5.56 Å². The van der Waals surface area contributed by atoms with Crippen molar-refractivity contribution < 1.29 is 14.6 Å². The maximum atomic E-state index is 10.9. The molecule has 1 heterocycles. The predicted molar refractivity (Wildman–Crippen MR) is 60.7 cm³/mol. The Labute approximate surface area is 99.4 Å². The molecule has 1 N–H and O–H groups in total. The largest absolute Gasteiger partial charge is 0.478 e. The van der Waals surface area contributed by atoms with E-state index in [9.17, 15) is 10.1 Å². The first-order chi connectivity index (χ1) is 8.18. The number of nitriles is 1. The molecular formula is C13H13NO3. The lowest BCUT2D eigenvalue weighted by Crippen LogP contribution is -2.32. The van der Waals surface area contributed by atoms with Gasteiger partial charge in [0.25, 0.3) is 0 Å². The second-order valence-electron chi connectivity index (χ2n) is 4.19. The van der Waals surface area contributed by atoms with Gasteiger partial charge in [-0.1, -0.05) is 12.1 Å². The van der Waals surface area contributed by atoms with Crippen molar-refractivity contribution in [2.45, 2.75) is 18.3 Å². The fourth-order valence-corrected chi connectivity index (χ4v) is 2.13. The molecule has 0 radical (unpaired) electrons. The van der Waals surface area contributed by atoms with Crippen LogP contribution in [0.3, 0.4) is 0 Å². The molecule has 0 aliphatic carbocycles. The average Bonchev–Trinajstić information content (AvgIpc) is 2.39. The lowest BCUT2D eigenvalue weighted by Gasteiger charge is -2.31. The number of hydrogen-bond donors (Lipinski definition) is 1. The van der Waals surface area contributed by atoms with E-state index in [0.29, 0.717) is 26.1 Å². The maximum Gasteiger partial charge on any atom is 0.335 e. The van der Waals surface area contributed by atoms with Crippen LogP contribution in [-0.4, -0.2) is 24.3 Å². The highest BCUT2D eigenvalue weighted by Crippen LogP contribution is 2.34. The van der Waals surface area contributed by atoms with Crippen LogP contribution in [0.1, 0.15) is 28.8 Å². The van der Waals surface area contributed by atoms with E-state index in [1.165, 1.54) is 6.07 Å². The zero-order chi connectivity index (χ0) is 12.3. The molecular weight excluding hydrogens is 218 g/mol. The molecule has 1 aliphatic heterocycles. The molecule has 0 atom stereocenters. The number of rotatable bonds is 2. The van der Waals surface area contributed by atoms with E-state index in [2.05, 4.69) is 6.07 Å². The van der Waals surface area contributed by atoms with Crippen molar-refractivity contribution in [2.24, 2.45) is 0 Å². The predicted octanol–water partition coefficient (Wildman–Crippen LogP) is 1.96. The number of carbonyl (C=O) groups is 1. The highest BCUT2D eigenvalue weighted by atomic mass is 16.5. The Kier molecular flexibility index (Phi) is 3.12. The maximum absolute atomic E-state index is 10.9. The van der Waals surface area contributed by atoms with E-state index in [1.807, 2.05) is 6.07 Å². The summed E-state index contributed by atoms with van der Waals surface area (Å²) in [5, 5.41) is 18.3. The quantitative estimate of drug-likeness (QED) is 0.844. The van der Waals surface area contributed by atoms with Crippen LogP contribution in [0.2, 0.25) is 0 Å². The lowest BCUT2D eigenvalue weighted by molar-refractivity contribution is 0.0671. The Morgan fingerprint density at radius 1 is 1.41 bits per heavy atom. The molecule has 1 fully saturated rings. The van der Waals surface area contributed by atoms with Crippen LogP contribution < -0.4 is 0 Å². The Bertz CT molecular complexity index is 470. The third kappa shape index (κ3) is 2.15. The molecule has 1 aromatic carbocycles. The molecule has 1 aromatic rings. The number of carboxylic acid groups (broad SMARTS) is 1. The molecule has 0 saturated carbocycles. The van der Waals surface area contributed by atoms with Crippen molar-refractivity contribution in [2.75, 3.05) is 13.2 Å². The smallest absolute Gasteiger partial charge is 0.335 e. The van der Waals surface area contributed by atoms with E-state index < -0.39 is 11.4 Å². The van der Waals surface area contributed by atoms with Crippen LogP contribution in [0.4, 0.5) is 0 Å². The summed E-state index contributed by atoms with van der Waals surface area (Å²) in [6, 6.07) is 8.97. The zero-order valence-corrected chi connectivity index (χ0v) is 9.35. The molecule has 0 unspecified atom stereocenters. The normalized spacial score (nSPS) is 18.3. The lowest BCUT2D eigenvalue weighted by atomic mass is 9.75. The summed E-state index contributed by atoms with van der Waals surface area (Å²) in [7, 11) is 0. The van der Waals surface area contributed by atoms with Gasteiger partial charge in [0.05, 0.1) is 17.0 Å². The highest BCUT2D eigenvalue weighted by molar-refractivity contribution is 5.87. The summed E-state index contributed by atoms with van der Waals surface area (Å²) in [6.45, 7) is 1.09. The van der Waals surface area contributed by atoms with Crippen LogP contribution in [0.5, 0.6) is 0 Å². The summed E-state index contributed by atoms with van der Waals surface area (Å²) >= 11 is 0. The van der Waals surface area contributed by atoms with Gasteiger partial charge in [0.1, 0.15) is 0 Å². The molecule has 1 saturated heterocycles. The summed E-state index contributed by atoms with van der Waals surface area (Å²) in [5.74, 6) is -0.966. The molecule has 2 rings (SSSR count). The summed E-state index contributed by atoms with van der Waals surface area (Å²) in [4.78, 5) is 10.9. The number of nitrogens with zero attached hydrogens (tertiary/aromatic N) is 1. The van der Waals surface area contributed by atoms with Crippen LogP contribution >= 0.6 is 0 Å². The number of ether oxygens (including phenoxy) is 1. The van der Waals surface area contributed by atoms with E-state index in [1.54, 1.807) is 12.1 Å². The number of aromatic carboxylic acids is 1. The van der Waals surface area contributed by atoms with Gasteiger partial charge < -0.3 is 9.84 Å².